The summed E-state index contributed by atoms with van der Waals surface area (Å²) >= 11 is 3.57. The van der Waals surface area contributed by atoms with E-state index >= 15 is 0 Å². The molecule has 1 aromatic rings. The highest BCUT2D eigenvalue weighted by atomic mass is 79.9. The summed E-state index contributed by atoms with van der Waals surface area (Å²) in [7, 11) is -4.18. The third-order valence-corrected chi connectivity index (χ3v) is 18.5. The number of carbonyl (C=O) groups is 1. The molecule has 216 valence electrons. The number of aliphatic hydroxyl groups excluding tert-OH is 1. The van der Waals surface area contributed by atoms with Gasteiger partial charge in [0.1, 0.15) is 0 Å². The second kappa shape index (κ2) is 12.8. The normalized spacial score (nSPS) is 24.2. The SMILES string of the molecule is CC(C)(C)[Si](C)(C)O[C@H](/C=C/[C@@H]1[C@@H](CC(=O)O)[C@@H](O)C[C@H]1O[Si](C)(C)C(C)(C)C)CCc1cccc(Br)c1. The Morgan fingerprint density at radius 1 is 1.11 bits per heavy atom. The van der Waals surface area contributed by atoms with Crippen LogP contribution in [0.4, 0.5) is 0 Å². The highest BCUT2D eigenvalue weighted by Gasteiger charge is 2.48. The summed E-state index contributed by atoms with van der Waals surface area (Å²) in [6, 6.07) is 8.37. The molecule has 0 saturated heterocycles. The van der Waals surface area contributed by atoms with Crippen molar-refractivity contribution in [1.29, 1.82) is 0 Å². The first-order chi connectivity index (χ1) is 17.2. The van der Waals surface area contributed by atoms with Crippen LogP contribution < -0.4 is 0 Å². The maximum Gasteiger partial charge on any atom is 0.303 e. The van der Waals surface area contributed by atoms with Crippen LogP contribution in [-0.4, -0.2) is 51.1 Å². The van der Waals surface area contributed by atoms with E-state index in [1.807, 2.05) is 6.07 Å². The molecule has 1 aliphatic rings. The maximum absolute atomic E-state index is 11.7. The zero-order valence-electron chi connectivity index (χ0n) is 25.2. The number of aliphatic carboxylic acids is 1. The summed E-state index contributed by atoms with van der Waals surface area (Å²) in [5, 5.41) is 20.6. The van der Waals surface area contributed by atoms with Gasteiger partial charge in [-0.05, 0) is 73.2 Å². The van der Waals surface area contributed by atoms with Gasteiger partial charge in [0, 0.05) is 16.3 Å². The number of carboxylic acids is 1. The van der Waals surface area contributed by atoms with Crippen molar-refractivity contribution in [2.45, 2.75) is 122 Å². The van der Waals surface area contributed by atoms with Gasteiger partial charge in [0.05, 0.1) is 24.7 Å². The van der Waals surface area contributed by atoms with Gasteiger partial charge in [-0.15, -0.1) is 0 Å². The van der Waals surface area contributed by atoms with Crippen molar-refractivity contribution in [3.05, 3.63) is 46.5 Å². The first-order valence-corrected chi connectivity index (χ1v) is 20.5. The van der Waals surface area contributed by atoms with Crippen LogP contribution in [0.3, 0.4) is 0 Å². The van der Waals surface area contributed by atoms with Crippen molar-refractivity contribution < 1.29 is 23.9 Å². The lowest BCUT2D eigenvalue weighted by molar-refractivity contribution is -0.139. The molecule has 0 bridgehead atoms. The standard InChI is InChI=1S/C30H51BrO5Si2/c1-29(2,3)37(7,8)35-23(15-14-21-12-11-13-22(31)18-21)16-17-24-25(19-28(33)34)26(32)20-27(24)36-38(9,10)30(4,5)6/h11-13,16-18,23-27,32H,14-15,19-20H2,1-10H3,(H,33,34)/b17-16+/t23-,24+,25+,26-,27+/m0/s1. The summed E-state index contributed by atoms with van der Waals surface area (Å²) in [4.78, 5) is 11.7. The minimum atomic E-state index is -2.12. The van der Waals surface area contributed by atoms with E-state index in [1.54, 1.807) is 0 Å². The van der Waals surface area contributed by atoms with E-state index in [1.165, 1.54) is 5.56 Å². The van der Waals surface area contributed by atoms with E-state index < -0.39 is 28.7 Å². The first-order valence-electron chi connectivity index (χ1n) is 13.9. The van der Waals surface area contributed by atoms with Crippen LogP contribution in [0.2, 0.25) is 36.3 Å². The fraction of sp³-hybridized carbons (Fsp3) is 0.700. The van der Waals surface area contributed by atoms with Crippen molar-refractivity contribution in [1.82, 2.24) is 0 Å². The average Bonchev–Trinajstić information content (AvgIpc) is 3.01. The molecule has 5 atom stereocenters. The summed E-state index contributed by atoms with van der Waals surface area (Å²) in [6.45, 7) is 22.3. The van der Waals surface area contributed by atoms with Gasteiger partial charge in [-0.2, -0.15) is 0 Å². The van der Waals surface area contributed by atoms with Gasteiger partial charge >= 0.3 is 5.97 Å². The monoisotopic (exact) mass is 626 g/mol. The van der Waals surface area contributed by atoms with Crippen molar-refractivity contribution >= 4 is 38.5 Å². The molecule has 0 radical (unpaired) electrons. The molecule has 38 heavy (non-hydrogen) atoms. The third kappa shape index (κ3) is 9.13. The molecule has 1 fully saturated rings. The quantitative estimate of drug-likeness (QED) is 0.191. The molecule has 1 saturated carbocycles. The average molecular weight is 628 g/mol. The van der Waals surface area contributed by atoms with Gasteiger partial charge in [0.15, 0.2) is 16.6 Å². The lowest BCUT2D eigenvalue weighted by Gasteiger charge is -2.40. The molecule has 2 rings (SSSR count). The molecule has 1 aromatic carbocycles. The Hall–Kier alpha value is -0.776. The van der Waals surface area contributed by atoms with Gasteiger partial charge in [0.2, 0.25) is 0 Å². The molecular weight excluding hydrogens is 576 g/mol. The van der Waals surface area contributed by atoms with Crippen LogP contribution in [0.5, 0.6) is 0 Å². The van der Waals surface area contributed by atoms with Gasteiger partial charge < -0.3 is 19.1 Å². The number of aryl methyl sites for hydroxylation is 1. The number of halogens is 1. The van der Waals surface area contributed by atoms with Crippen LogP contribution in [0.15, 0.2) is 40.9 Å². The molecular formula is C30H51BrO5Si2. The van der Waals surface area contributed by atoms with E-state index in [0.717, 1.165) is 17.3 Å². The highest BCUT2D eigenvalue weighted by molar-refractivity contribution is 9.10. The van der Waals surface area contributed by atoms with E-state index in [9.17, 15) is 15.0 Å². The molecule has 0 aliphatic heterocycles. The topological polar surface area (TPSA) is 76.0 Å². The Morgan fingerprint density at radius 3 is 2.24 bits per heavy atom. The zero-order valence-corrected chi connectivity index (χ0v) is 28.8. The van der Waals surface area contributed by atoms with E-state index in [2.05, 4.69) is 114 Å². The predicted octanol–water partition coefficient (Wildman–Crippen LogP) is 8.19. The van der Waals surface area contributed by atoms with Crippen LogP contribution >= 0.6 is 15.9 Å². The first kappa shape index (κ1) is 33.4. The number of benzene rings is 1. The molecule has 0 heterocycles. The molecule has 5 nitrogen and oxygen atoms in total. The maximum atomic E-state index is 11.7. The minimum absolute atomic E-state index is 0.0229. The molecule has 1 aliphatic carbocycles. The fourth-order valence-electron chi connectivity index (χ4n) is 4.53. The Labute approximate surface area is 241 Å². The lowest BCUT2D eigenvalue weighted by atomic mass is 9.90. The van der Waals surface area contributed by atoms with Crippen LogP contribution in [0.25, 0.3) is 0 Å². The Morgan fingerprint density at radius 2 is 1.71 bits per heavy atom. The van der Waals surface area contributed by atoms with Crippen molar-refractivity contribution in [3.63, 3.8) is 0 Å². The predicted molar refractivity (Wildman–Crippen MR) is 166 cm³/mol. The number of carboxylic acid groups (broad SMARTS) is 1. The Kier molecular flexibility index (Phi) is 11.3. The Bertz CT molecular complexity index is 964. The summed E-state index contributed by atoms with van der Waals surface area (Å²) in [6.07, 6.45) is 5.34. The number of rotatable bonds is 11. The molecule has 0 amide bonds. The van der Waals surface area contributed by atoms with Crippen molar-refractivity contribution in [2.75, 3.05) is 0 Å². The van der Waals surface area contributed by atoms with Gasteiger partial charge in [-0.1, -0.05) is 81.8 Å². The molecule has 0 spiro atoms. The second-order valence-corrected chi connectivity index (χ2v) is 24.5. The summed E-state index contributed by atoms with van der Waals surface area (Å²) < 4.78 is 14.7. The third-order valence-electron chi connectivity index (χ3n) is 8.96. The summed E-state index contributed by atoms with van der Waals surface area (Å²) in [5.41, 5.74) is 1.25. The second-order valence-electron chi connectivity index (χ2n) is 14.0. The zero-order chi connectivity index (χ0) is 29.1. The van der Waals surface area contributed by atoms with Crippen LogP contribution in [0.1, 0.15) is 66.4 Å². The molecule has 0 unspecified atom stereocenters. The smallest absolute Gasteiger partial charge is 0.303 e. The van der Waals surface area contributed by atoms with Gasteiger partial charge in [0.25, 0.3) is 0 Å². The number of hydrogen-bond donors (Lipinski definition) is 2. The minimum Gasteiger partial charge on any atom is -0.481 e. The molecule has 2 N–H and O–H groups in total. The lowest BCUT2D eigenvalue weighted by Crippen LogP contribution is -2.45. The number of aliphatic hydroxyl groups is 1. The van der Waals surface area contributed by atoms with Gasteiger partial charge in [-0.25, -0.2) is 0 Å². The van der Waals surface area contributed by atoms with Crippen LogP contribution in [0, 0.1) is 11.8 Å². The van der Waals surface area contributed by atoms with E-state index in [0.29, 0.717) is 6.42 Å². The highest BCUT2D eigenvalue weighted by Crippen LogP contribution is 2.44. The largest absolute Gasteiger partial charge is 0.481 e. The van der Waals surface area contributed by atoms with Crippen LogP contribution in [-0.2, 0) is 20.1 Å². The fourth-order valence-corrected chi connectivity index (χ4v) is 7.65. The molecule has 0 aromatic heterocycles. The van der Waals surface area contributed by atoms with Crippen molar-refractivity contribution in [2.24, 2.45) is 11.8 Å². The Balaban J connectivity index is 2.38. The van der Waals surface area contributed by atoms with Gasteiger partial charge in [-0.3, -0.25) is 4.79 Å². The van der Waals surface area contributed by atoms with E-state index in [-0.39, 0.29) is 40.5 Å². The van der Waals surface area contributed by atoms with Crippen molar-refractivity contribution in [3.8, 4) is 0 Å². The van der Waals surface area contributed by atoms with E-state index in [4.69, 9.17) is 8.85 Å². The number of hydrogen-bond acceptors (Lipinski definition) is 4. The summed E-state index contributed by atoms with van der Waals surface area (Å²) in [5.74, 6) is -1.44. The molecule has 8 heteroatoms.